The Balaban J connectivity index is 2.47. The largest absolute Gasteiger partial charge is 0.482 e. The van der Waals surface area contributed by atoms with Crippen molar-refractivity contribution in [2.75, 3.05) is 19.0 Å². The van der Waals surface area contributed by atoms with Crippen LogP contribution in [0.15, 0.2) is 24.3 Å². The molecule has 0 spiro atoms. The summed E-state index contributed by atoms with van der Waals surface area (Å²) < 4.78 is 41.4. The molecule has 2 rings (SSSR count). The van der Waals surface area contributed by atoms with E-state index >= 15 is 0 Å². The van der Waals surface area contributed by atoms with Gasteiger partial charge in [-0.3, -0.25) is 0 Å². The van der Waals surface area contributed by atoms with Crippen LogP contribution in [0.25, 0.3) is 10.9 Å². The van der Waals surface area contributed by atoms with Crippen LogP contribution < -0.4 is 10.1 Å². The molecule has 0 saturated heterocycles. The van der Waals surface area contributed by atoms with Crippen molar-refractivity contribution in [1.29, 1.82) is 0 Å². The van der Waals surface area contributed by atoms with Gasteiger partial charge in [0.1, 0.15) is 11.3 Å². The van der Waals surface area contributed by atoms with Gasteiger partial charge in [0.05, 0.1) is 0 Å². The van der Waals surface area contributed by atoms with E-state index in [1.165, 1.54) is 6.07 Å². The minimum absolute atomic E-state index is 0.134. The van der Waals surface area contributed by atoms with E-state index in [9.17, 15) is 13.2 Å². The minimum Gasteiger partial charge on any atom is -0.482 e. The van der Waals surface area contributed by atoms with Crippen LogP contribution in [0, 0.1) is 6.92 Å². The number of benzene rings is 1. The number of hydrogen-bond donors (Lipinski definition) is 1. The highest BCUT2D eigenvalue weighted by molar-refractivity contribution is 5.95. The summed E-state index contributed by atoms with van der Waals surface area (Å²) in [7, 11) is 1.75. The fourth-order valence-electron chi connectivity index (χ4n) is 1.83. The van der Waals surface area contributed by atoms with E-state index in [0.717, 1.165) is 11.1 Å². The average molecular weight is 270 g/mol. The van der Waals surface area contributed by atoms with E-state index in [1.807, 2.05) is 6.07 Å². The van der Waals surface area contributed by atoms with Gasteiger partial charge >= 0.3 is 6.18 Å². The van der Waals surface area contributed by atoms with Gasteiger partial charge in [-0.05, 0) is 19.1 Å². The van der Waals surface area contributed by atoms with Gasteiger partial charge < -0.3 is 10.1 Å². The summed E-state index contributed by atoms with van der Waals surface area (Å²) >= 11 is 0. The lowest BCUT2D eigenvalue weighted by atomic mass is 10.1. The highest BCUT2D eigenvalue weighted by atomic mass is 19.4. The molecule has 1 N–H and O–H groups in total. The zero-order chi connectivity index (χ0) is 14.0. The van der Waals surface area contributed by atoms with E-state index < -0.39 is 12.8 Å². The number of aryl methyl sites for hydroxylation is 1. The van der Waals surface area contributed by atoms with Crippen LogP contribution >= 0.6 is 0 Å². The SMILES string of the molecule is CNc1cc(C)nc2c(OCC(F)(F)F)cccc12. The number of pyridine rings is 1. The molecule has 0 unspecified atom stereocenters. The maximum atomic E-state index is 12.2. The first-order valence-electron chi connectivity index (χ1n) is 5.68. The summed E-state index contributed by atoms with van der Waals surface area (Å²) in [6, 6.07) is 6.75. The lowest BCUT2D eigenvalue weighted by Crippen LogP contribution is -2.19. The van der Waals surface area contributed by atoms with E-state index in [1.54, 1.807) is 26.1 Å². The second kappa shape index (κ2) is 4.95. The Morgan fingerprint density at radius 1 is 1.32 bits per heavy atom. The van der Waals surface area contributed by atoms with E-state index in [4.69, 9.17) is 4.74 Å². The van der Waals surface area contributed by atoms with Gasteiger partial charge in [0.25, 0.3) is 0 Å². The first kappa shape index (κ1) is 13.5. The van der Waals surface area contributed by atoms with Crippen LogP contribution in [0.5, 0.6) is 5.75 Å². The van der Waals surface area contributed by atoms with Crippen molar-refractivity contribution in [2.24, 2.45) is 0 Å². The van der Waals surface area contributed by atoms with Crippen LogP contribution in [0.3, 0.4) is 0 Å². The number of fused-ring (bicyclic) bond motifs is 1. The molecule has 1 heterocycles. The summed E-state index contributed by atoms with van der Waals surface area (Å²) in [5.74, 6) is 0.134. The number of nitrogens with one attached hydrogen (secondary N) is 1. The molecule has 0 aliphatic carbocycles. The third-order valence-electron chi connectivity index (χ3n) is 2.59. The molecule has 0 radical (unpaired) electrons. The van der Waals surface area contributed by atoms with Crippen molar-refractivity contribution >= 4 is 16.6 Å². The molecule has 0 fully saturated rings. The molecule has 0 atom stereocenters. The standard InChI is InChI=1S/C13H13F3N2O/c1-8-6-10(17-2)9-4-3-5-11(12(9)18-8)19-7-13(14,15)16/h3-6H,7H2,1-2H3,(H,17,18). The van der Waals surface area contributed by atoms with Crippen molar-refractivity contribution in [3.63, 3.8) is 0 Å². The van der Waals surface area contributed by atoms with Crippen molar-refractivity contribution in [1.82, 2.24) is 4.98 Å². The summed E-state index contributed by atoms with van der Waals surface area (Å²) in [6.45, 7) is 0.456. The zero-order valence-electron chi connectivity index (χ0n) is 10.5. The lowest BCUT2D eigenvalue weighted by Gasteiger charge is -2.13. The fourth-order valence-corrected chi connectivity index (χ4v) is 1.83. The molecule has 0 bridgehead atoms. The maximum Gasteiger partial charge on any atom is 0.422 e. The smallest absolute Gasteiger partial charge is 0.422 e. The van der Waals surface area contributed by atoms with Crippen LogP contribution in [-0.2, 0) is 0 Å². The van der Waals surface area contributed by atoms with Gasteiger partial charge in [-0.2, -0.15) is 13.2 Å². The van der Waals surface area contributed by atoms with Crippen LogP contribution in [0.2, 0.25) is 0 Å². The fraction of sp³-hybridized carbons (Fsp3) is 0.308. The van der Waals surface area contributed by atoms with Gasteiger partial charge in [0, 0.05) is 23.8 Å². The molecule has 0 saturated carbocycles. The first-order chi connectivity index (χ1) is 8.90. The number of halogens is 3. The zero-order valence-corrected chi connectivity index (χ0v) is 10.5. The molecule has 19 heavy (non-hydrogen) atoms. The molecule has 102 valence electrons. The molecule has 0 aliphatic heterocycles. The normalized spacial score (nSPS) is 11.6. The van der Waals surface area contributed by atoms with Crippen LogP contribution in [0.4, 0.5) is 18.9 Å². The first-order valence-corrected chi connectivity index (χ1v) is 5.68. The lowest BCUT2D eigenvalue weighted by molar-refractivity contribution is -0.153. The molecule has 0 amide bonds. The minimum atomic E-state index is -4.36. The monoisotopic (exact) mass is 270 g/mol. The predicted octanol–water partition coefficient (Wildman–Crippen LogP) is 3.53. The van der Waals surface area contributed by atoms with Crippen molar-refractivity contribution < 1.29 is 17.9 Å². The quantitative estimate of drug-likeness (QED) is 0.926. The van der Waals surface area contributed by atoms with Crippen LogP contribution in [-0.4, -0.2) is 24.8 Å². The molecule has 1 aromatic heterocycles. The molecule has 0 aliphatic rings. The maximum absolute atomic E-state index is 12.2. The van der Waals surface area contributed by atoms with Gasteiger partial charge in [-0.1, -0.05) is 12.1 Å². The molecule has 6 heteroatoms. The van der Waals surface area contributed by atoms with Gasteiger partial charge in [-0.15, -0.1) is 0 Å². The molecule has 3 nitrogen and oxygen atoms in total. The number of nitrogens with zero attached hydrogens (tertiary/aromatic N) is 1. The summed E-state index contributed by atoms with van der Waals surface area (Å²) in [5.41, 5.74) is 1.94. The van der Waals surface area contributed by atoms with E-state index in [0.29, 0.717) is 11.2 Å². The average Bonchev–Trinajstić information content (AvgIpc) is 2.34. The van der Waals surface area contributed by atoms with E-state index in [2.05, 4.69) is 10.3 Å². The van der Waals surface area contributed by atoms with Crippen LogP contribution in [0.1, 0.15) is 5.69 Å². The number of hydrogen-bond acceptors (Lipinski definition) is 3. The summed E-state index contributed by atoms with van der Waals surface area (Å²) in [5, 5.41) is 3.72. The highest BCUT2D eigenvalue weighted by Crippen LogP contribution is 2.30. The topological polar surface area (TPSA) is 34.2 Å². The Bertz CT molecular complexity index is 596. The molecular weight excluding hydrogens is 257 g/mol. The third-order valence-corrected chi connectivity index (χ3v) is 2.59. The Morgan fingerprint density at radius 2 is 2.05 bits per heavy atom. The van der Waals surface area contributed by atoms with E-state index in [-0.39, 0.29) is 5.75 Å². The number of ether oxygens (including phenoxy) is 1. The Kier molecular flexibility index (Phi) is 3.50. The number of rotatable bonds is 3. The Hall–Kier alpha value is -1.98. The second-order valence-corrected chi connectivity index (χ2v) is 4.12. The Labute approximate surface area is 108 Å². The van der Waals surface area contributed by atoms with Crippen molar-refractivity contribution in [2.45, 2.75) is 13.1 Å². The number of aromatic nitrogens is 1. The van der Waals surface area contributed by atoms with Gasteiger partial charge in [-0.25, -0.2) is 4.98 Å². The number of alkyl halides is 3. The number of para-hydroxylation sites is 1. The van der Waals surface area contributed by atoms with Gasteiger partial charge in [0.15, 0.2) is 6.61 Å². The molecule has 2 aromatic rings. The molecule has 1 aromatic carbocycles. The third kappa shape index (κ3) is 3.07. The van der Waals surface area contributed by atoms with Crippen molar-refractivity contribution in [3.8, 4) is 5.75 Å². The summed E-state index contributed by atoms with van der Waals surface area (Å²) in [4.78, 5) is 4.25. The molecular formula is C13H13F3N2O. The second-order valence-electron chi connectivity index (χ2n) is 4.12. The number of anilines is 1. The van der Waals surface area contributed by atoms with Crippen molar-refractivity contribution in [3.05, 3.63) is 30.0 Å². The van der Waals surface area contributed by atoms with Gasteiger partial charge in [0.2, 0.25) is 0 Å². The Morgan fingerprint density at radius 3 is 2.68 bits per heavy atom. The summed E-state index contributed by atoms with van der Waals surface area (Å²) in [6.07, 6.45) is -4.36. The highest BCUT2D eigenvalue weighted by Gasteiger charge is 2.28. The predicted molar refractivity (Wildman–Crippen MR) is 67.6 cm³/mol.